The lowest BCUT2D eigenvalue weighted by atomic mass is 10.0. The van der Waals surface area contributed by atoms with E-state index in [0.717, 1.165) is 23.9 Å². The number of anilines is 1. The van der Waals surface area contributed by atoms with Crippen LogP contribution in [-0.4, -0.2) is 26.2 Å². The first-order valence-electron chi connectivity index (χ1n) is 7.93. The highest BCUT2D eigenvalue weighted by Gasteiger charge is 2.13. The zero-order valence-corrected chi connectivity index (χ0v) is 14.0. The van der Waals surface area contributed by atoms with E-state index in [1.165, 1.54) is 13.2 Å². The van der Waals surface area contributed by atoms with E-state index in [2.05, 4.69) is 0 Å². The number of esters is 1. The number of carbonyl (C=O) groups excluding carboxylic acids is 1. The van der Waals surface area contributed by atoms with Crippen LogP contribution in [0.3, 0.4) is 0 Å². The van der Waals surface area contributed by atoms with Crippen molar-refractivity contribution in [1.82, 2.24) is 0 Å². The van der Waals surface area contributed by atoms with Crippen LogP contribution < -0.4 is 10.3 Å². The van der Waals surface area contributed by atoms with Crippen LogP contribution in [0.2, 0.25) is 0 Å². The number of ether oxygens (including phenoxy) is 1. The topological polar surface area (TPSA) is 59.8 Å². The molecule has 0 saturated carbocycles. The molecule has 0 atom stereocenters. The quantitative estimate of drug-likeness (QED) is 0.542. The zero-order chi connectivity index (χ0) is 17.3. The summed E-state index contributed by atoms with van der Waals surface area (Å²) in [5.41, 5.74) is 0.908. The molecule has 0 amide bonds. The fourth-order valence-corrected chi connectivity index (χ4v) is 2.91. The van der Waals surface area contributed by atoms with Crippen LogP contribution in [0.25, 0.3) is 21.7 Å². The maximum atomic E-state index is 12.6. The van der Waals surface area contributed by atoms with Gasteiger partial charge in [0.25, 0.3) is 0 Å². The van der Waals surface area contributed by atoms with Gasteiger partial charge in [-0.2, -0.15) is 0 Å². The molecular weight excluding hydrogens is 306 g/mol. The first-order valence-corrected chi connectivity index (χ1v) is 7.93. The number of rotatable bonds is 4. The highest BCUT2D eigenvalue weighted by atomic mass is 16.5. The molecule has 0 N–H and O–H groups in total. The third kappa shape index (κ3) is 2.62. The molecule has 0 aliphatic rings. The van der Waals surface area contributed by atoms with Crippen LogP contribution >= 0.6 is 0 Å². The summed E-state index contributed by atoms with van der Waals surface area (Å²) in [5, 5.41) is 2.09. The molecule has 0 unspecified atom stereocenters. The van der Waals surface area contributed by atoms with Gasteiger partial charge in [-0.25, -0.2) is 4.79 Å². The number of methoxy groups -OCH3 is 1. The maximum Gasteiger partial charge on any atom is 0.337 e. The van der Waals surface area contributed by atoms with Crippen molar-refractivity contribution in [2.24, 2.45) is 0 Å². The normalized spacial score (nSPS) is 11.0. The van der Waals surface area contributed by atoms with Crippen molar-refractivity contribution in [3.05, 3.63) is 52.2 Å². The van der Waals surface area contributed by atoms with Gasteiger partial charge in [0.2, 0.25) is 0 Å². The highest BCUT2D eigenvalue weighted by Crippen LogP contribution is 2.27. The highest BCUT2D eigenvalue weighted by molar-refractivity contribution is 6.07. The van der Waals surface area contributed by atoms with E-state index in [9.17, 15) is 9.59 Å². The predicted molar refractivity (Wildman–Crippen MR) is 94.9 cm³/mol. The summed E-state index contributed by atoms with van der Waals surface area (Å²) in [6.07, 6.45) is 0. The molecule has 3 rings (SSSR count). The molecule has 1 heterocycles. The van der Waals surface area contributed by atoms with Crippen molar-refractivity contribution in [2.75, 3.05) is 25.1 Å². The van der Waals surface area contributed by atoms with E-state index in [1.807, 2.05) is 24.8 Å². The molecule has 0 radical (unpaired) electrons. The van der Waals surface area contributed by atoms with Gasteiger partial charge in [0, 0.05) is 19.2 Å². The minimum absolute atomic E-state index is 0.0884. The van der Waals surface area contributed by atoms with Gasteiger partial charge < -0.3 is 14.1 Å². The van der Waals surface area contributed by atoms with E-state index in [-0.39, 0.29) is 5.43 Å². The van der Waals surface area contributed by atoms with E-state index in [0.29, 0.717) is 22.4 Å². The summed E-state index contributed by atoms with van der Waals surface area (Å²) >= 11 is 0. The van der Waals surface area contributed by atoms with Crippen molar-refractivity contribution < 1.29 is 13.9 Å². The van der Waals surface area contributed by atoms with Gasteiger partial charge in [-0.1, -0.05) is 12.1 Å². The molecule has 5 nitrogen and oxygen atoms in total. The third-order valence-electron chi connectivity index (χ3n) is 4.19. The lowest BCUT2D eigenvalue weighted by Crippen LogP contribution is -2.23. The van der Waals surface area contributed by atoms with Crippen molar-refractivity contribution in [1.29, 1.82) is 0 Å². The van der Waals surface area contributed by atoms with E-state index >= 15 is 0 Å². The minimum Gasteiger partial charge on any atom is -0.465 e. The average Bonchev–Trinajstić information content (AvgIpc) is 2.61. The Labute approximate surface area is 139 Å². The van der Waals surface area contributed by atoms with Gasteiger partial charge in [0.15, 0.2) is 11.3 Å². The maximum absolute atomic E-state index is 12.6. The lowest BCUT2D eigenvalue weighted by Gasteiger charge is -2.19. The molecule has 0 spiro atoms. The Morgan fingerprint density at radius 1 is 1.12 bits per heavy atom. The molecule has 0 fully saturated rings. The van der Waals surface area contributed by atoms with Crippen molar-refractivity contribution in [3.8, 4) is 0 Å². The largest absolute Gasteiger partial charge is 0.465 e. The van der Waals surface area contributed by atoms with Crippen LogP contribution in [0, 0.1) is 0 Å². The second-order valence-corrected chi connectivity index (χ2v) is 5.49. The summed E-state index contributed by atoms with van der Waals surface area (Å²) in [4.78, 5) is 26.3. The molecular formula is C19H19NO4. The Bertz CT molecular complexity index is 970. The SMILES string of the molecule is CCN(CC)c1cc(=O)c2c(ccc3cc(C(=O)OC)ccc32)o1. The Kier molecular flexibility index (Phi) is 4.25. The second-order valence-electron chi connectivity index (χ2n) is 5.49. The number of hydrogen-bond donors (Lipinski definition) is 0. The van der Waals surface area contributed by atoms with E-state index in [1.54, 1.807) is 24.3 Å². The Balaban J connectivity index is 2.24. The molecule has 0 saturated heterocycles. The minimum atomic E-state index is -0.402. The van der Waals surface area contributed by atoms with Gasteiger partial charge in [0.1, 0.15) is 5.58 Å². The van der Waals surface area contributed by atoms with Crippen LogP contribution in [0.5, 0.6) is 0 Å². The first-order chi connectivity index (χ1) is 11.6. The van der Waals surface area contributed by atoms with Crippen LogP contribution in [-0.2, 0) is 4.74 Å². The monoisotopic (exact) mass is 325 g/mol. The molecule has 1 aromatic heterocycles. The molecule has 0 bridgehead atoms. The number of hydrogen-bond acceptors (Lipinski definition) is 5. The van der Waals surface area contributed by atoms with Gasteiger partial charge in [-0.05, 0) is 42.8 Å². The summed E-state index contributed by atoms with van der Waals surface area (Å²) in [6, 6.07) is 10.3. The molecule has 0 aliphatic carbocycles. The lowest BCUT2D eigenvalue weighted by molar-refractivity contribution is 0.0601. The van der Waals surface area contributed by atoms with E-state index in [4.69, 9.17) is 9.15 Å². The Morgan fingerprint density at radius 2 is 1.88 bits per heavy atom. The van der Waals surface area contributed by atoms with Crippen molar-refractivity contribution in [2.45, 2.75) is 13.8 Å². The predicted octanol–water partition coefficient (Wildman–Crippen LogP) is 3.58. The summed E-state index contributed by atoms with van der Waals surface area (Å²) in [7, 11) is 1.34. The fraction of sp³-hybridized carbons (Fsp3) is 0.263. The molecule has 24 heavy (non-hydrogen) atoms. The molecule has 3 aromatic rings. The van der Waals surface area contributed by atoms with Crippen molar-refractivity contribution in [3.63, 3.8) is 0 Å². The number of nitrogens with zero attached hydrogens (tertiary/aromatic N) is 1. The number of benzene rings is 2. The van der Waals surface area contributed by atoms with Crippen LogP contribution in [0.1, 0.15) is 24.2 Å². The molecule has 5 heteroatoms. The summed E-state index contributed by atoms with van der Waals surface area (Å²) in [5.74, 6) is 0.170. The van der Waals surface area contributed by atoms with Crippen LogP contribution in [0.15, 0.2) is 45.6 Å². The average molecular weight is 325 g/mol. The van der Waals surface area contributed by atoms with Crippen LogP contribution in [0.4, 0.5) is 5.88 Å². The number of carbonyl (C=O) groups is 1. The second kappa shape index (κ2) is 6.35. The molecule has 124 valence electrons. The summed E-state index contributed by atoms with van der Waals surface area (Å²) < 4.78 is 10.7. The molecule has 0 aliphatic heterocycles. The first kappa shape index (κ1) is 16.1. The van der Waals surface area contributed by atoms with Gasteiger partial charge >= 0.3 is 5.97 Å². The fourth-order valence-electron chi connectivity index (χ4n) is 2.91. The smallest absolute Gasteiger partial charge is 0.337 e. The van der Waals surface area contributed by atoms with Gasteiger partial charge in [0.05, 0.1) is 18.1 Å². The van der Waals surface area contributed by atoms with E-state index < -0.39 is 5.97 Å². The Morgan fingerprint density at radius 3 is 2.54 bits per heavy atom. The number of fused-ring (bicyclic) bond motifs is 3. The van der Waals surface area contributed by atoms with Crippen molar-refractivity contribution >= 4 is 33.6 Å². The molecule has 2 aromatic carbocycles. The third-order valence-corrected chi connectivity index (χ3v) is 4.19. The zero-order valence-electron chi connectivity index (χ0n) is 14.0. The van der Waals surface area contributed by atoms with Gasteiger partial charge in [-0.3, -0.25) is 4.79 Å². The standard InChI is InChI=1S/C19H19NO4/c1-4-20(5-2)17-11-15(21)18-14-8-6-13(19(22)23-3)10-12(14)7-9-16(18)24-17/h6-11H,4-5H2,1-3H3. The summed E-state index contributed by atoms with van der Waals surface area (Å²) in [6.45, 7) is 5.56. The van der Waals surface area contributed by atoms with Gasteiger partial charge in [-0.15, -0.1) is 0 Å². The Hall–Kier alpha value is -2.82.